The third kappa shape index (κ3) is 3.89. The summed E-state index contributed by atoms with van der Waals surface area (Å²) in [6.07, 6.45) is 0. The second-order valence-corrected chi connectivity index (χ2v) is 10.4. The van der Waals surface area contributed by atoms with Crippen molar-refractivity contribution in [3.63, 3.8) is 0 Å². The van der Waals surface area contributed by atoms with Crippen molar-refractivity contribution in [2.75, 3.05) is 21.3 Å². The van der Waals surface area contributed by atoms with E-state index in [1.807, 2.05) is 97.1 Å². The number of hydrogen-bond donors (Lipinski definition) is 2. The second kappa shape index (κ2) is 9.35. The molecule has 6 nitrogen and oxygen atoms in total. The maximum atomic E-state index is 6.57. The van der Waals surface area contributed by atoms with Gasteiger partial charge in [0.25, 0.3) is 0 Å². The van der Waals surface area contributed by atoms with Crippen LogP contribution in [0.25, 0.3) is 11.1 Å². The lowest BCUT2D eigenvalue weighted by molar-refractivity contribution is 0.477. The summed E-state index contributed by atoms with van der Waals surface area (Å²) in [7, 11) is 0. The molecule has 0 fully saturated rings. The van der Waals surface area contributed by atoms with Gasteiger partial charge in [0.1, 0.15) is 0 Å². The number of ether oxygens (including phenoxy) is 2. The zero-order chi connectivity index (χ0) is 28.2. The molecule has 6 aromatic rings. The predicted molar refractivity (Wildman–Crippen MR) is 170 cm³/mol. The molecule has 0 saturated heterocycles. The Kier molecular flexibility index (Phi) is 5.34. The highest BCUT2D eigenvalue weighted by molar-refractivity contribution is 5.91. The number of fused-ring (bicyclic) bond motifs is 4. The molecule has 0 bridgehead atoms. The fourth-order valence-corrected chi connectivity index (χ4v) is 5.83. The minimum absolute atomic E-state index is 0.648. The molecule has 6 heteroatoms. The number of benzene rings is 6. The summed E-state index contributed by atoms with van der Waals surface area (Å²) < 4.78 is 12.5. The van der Waals surface area contributed by atoms with Gasteiger partial charge in [0, 0.05) is 22.7 Å². The number of nitrogens with two attached hydrogens (primary N) is 2. The standard InChI is InChI=1S/C36H26N4O2/c37-25-17-23(19-27(21-25)39-29-9-1-5-13-33(29)41-34-14-6-2-10-30(34)39)24-18-26(38)22-28(20-24)40-31-11-3-7-15-35(31)42-36-16-8-4-12-32(36)40/h1-22H,37-38H2. The summed E-state index contributed by atoms with van der Waals surface area (Å²) in [5, 5.41) is 0. The first-order valence-electron chi connectivity index (χ1n) is 13.8. The second-order valence-electron chi connectivity index (χ2n) is 10.4. The van der Waals surface area contributed by atoms with Gasteiger partial charge in [-0.05, 0) is 96.1 Å². The zero-order valence-corrected chi connectivity index (χ0v) is 22.6. The van der Waals surface area contributed by atoms with E-state index in [9.17, 15) is 0 Å². The van der Waals surface area contributed by atoms with Gasteiger partial charge in [-0.25, -0.2) is 0 Å². The Hall–Kier alpha value is -5.88. The van der Waals surface area contributed by atoms with Crippen molar-refractivity contribution in [1.82, 2.24) is 0 Å². The highest BCUT2D eigenvalue weighted by Crippen LogP contribution is 2.52. The normalized spacial score (nSPS) is 12.8. The van der Waals surface area contributed by atoms with Crippen LogP contribution in [0, 0.1) is 0 Å². The molecule has 6 aromatic carbocycles. The topological polar surface area (TPSA) is 77.0 Å². The molecule has 0 atom stereocenters. The van der Waals surface area contributed by atoms with Gasteiger partial charge < -0.3 is 30.7 Å². The highest BCUT2D eigenvalue weighted by Gasteiger charge is 2.27. The third-order valence-electron chi connectivity index (χ3n) is 7.59. The molecule has 0 saturated carbocycles. The maximum Gasteiger partial charge on any atom is 0.151 e. The van der Waals surface area contributed by atoms with Gasteiger partial charge in [-0.1, -0.05) is 48.5 Å². The van der Waals surface area contributed by atoms with E-state index in [0.717, 1.165) is 68.2 Å². The third-order valence-corrected chi connectivity index (χ3v) is 7.59. The van der Waals surface area contributed by atoms with Gasteiger partial charge in [0.2, 0.25) is 0 Å². The lowest BCUT2D eigenvalue weighted by Crippen LogP contribution is -2.16. The lowest BCUT2D eigenvalue weighted by Gasteiger charge is -2.33. The molecule has 2 aliphatic rings. The smallest absolute Gasteiger partial charge is 0.151 e. The largest absolute Gasteiger partial charge is 0.453 e. The zero-order valence-electron chi connectivity index (χ0n) is 22.6. The van der Waals surface area contributed by atoms with Crippen molar-refractivity contribution in [3.8, 4) is 34.1 Å². The Bertz CT molecular complexity index is 1770. The first-order valence-corrected chi connectivity index (χ1v) is 13.8. The summed E-state index contributed by atoms with van der Waals surface area (Å²) in [4.78, 5) is 4.38. The fourth-order valence-electron chi connectivity index (χ4n) is 5.83. The molecule has 0 radical (unpaired) electrons. The Morgan fingerprint density at radius 1 is 0.381 bits per heavy atom. The Balaban J connectivity index is 1.28. The van der Waals surface area contributed by atoms with Crippen LogP contribution < -0.4 is 30.7 Å². The maximum absolute atomic E-state index is 6.57. The number of para-hydroxylation sites is 8. The summed E-state index contributed by atoms with van der Waals surface area (Å²) in [5.74, 6) is 3.15. The van der Waals surface area contributed by atoms with Gasteiger partial charge in [-0.2, -0.15) is 0 Å². The molecule has 4 N–H and O–H groups in total. The highest BCUT2D eigenvalue weighted by atomic mass is 16.5. The molecule has 2 aliphatic heterocycles. The van der Waals surface area contributed by atoms with Crippen molar-refractivity contribution >= 4 is 45.5 Å². The van der Waals surface area contributed by atoms with E-state index in [1.165, 1.54) is 0 Å². The number of nitrogen functional groups attached to an aromatic ring is 2. The average Bonchev–Trinajstić information content (AvgIpc) is 3.01. The molecule has 0 aromatic heterocycles. The lowest BCUT2D eigenvalue weighted by atomic mass is 10.0. The molecule has 8 rings (SSSR count). The van der Waals surface area contributed by atoms with Crippen LogP contribution in [0.1, 0.15) is 0 Å². The van der Waals surface area contributed by atoms with Gasteiger partial charge in [-0.15, -0.1) is 0 Å². The van der Waals surface area contributed by atoms with Gasteiger partial charge in [0.05, 0.1) is 22.7 Å². The van der Waals surface area contributed by atoms with Crippen LogP contribution in [0.4, 0.5) is 45.5 Å². The minimum atomic E-state index is 0.648. The van der Waals surface area contributed by atoms with Gasteiger partial charge >= 0.3 is 0 Å². The number of anilines is 8. The molecular weight excluding hydrogens is 520 g/mol. The van der Waals surface area contributed by atoms with Crippen LogP contribution in [0.5, 0.6) is 23.0 Å². The molecule has 0 aliphatic carbocycles. The quantitative estimate of drug-likeness (QED) is 0.215. The monoisotopic (exact) mass is 546 g/mol. The SMILES string of the molecule is Nc1cc(-c2cc(N)cc(N3c4ccccc4Oc4ccccc43)c2)cc(N2c3ccccc3Oc3ccccc32)c1. The van der Waals surface area contributed by atoms with E-state index in [-0.39, 0.29) is 0 Å². The van der Waals surface area contributed by atoms with Crippen molar-refractivity contribution in [2.45, 2.75) is 0 Å². The number of nitrogens with zero attached hydrogens (tertiary/aromatic N) is 2. The summed E-state index contributed by atoms with van der Waals surface area (Å²) in [5.41, 5.74) is 22.0. The molecule has 202 valence electrons. The number of hydrogen-bond acceptors (Lipinski definition) is 6. The van der Waals surface area contributed by atoms with Crippen LogP contribution >= 0.6 is 0 Å². The van der Waals surface area contributed by atoms with Gasteiger partial charge in [-0.3, -0.25) is 0 Å². The minimum Gasteiger partial charge on any atom is -0.453 e. The van der Waals surface area contributed by atoms with E-state index in [1.54, 1.807) is 0 Å². The van der Waals surface area contributed by atoms with E-state index < -0.39 is 0 Å². The van der Waals surface area contributed by atoms with Crippen LogP contribution in [0.3, 0.4) is 0 Å². The summed E-state index contributed by atoms with van der Waals surface area (Å²) in [6.45, 7) is 0. The fraction of sp³-hybridized carbons (Fsp3) is 0. The summed E-state index contributed by atoms with van der Waals surface area (Å²) >= 11 is 0. The van der Waals surface area contributed by atoms with Crippen molar-refractivity contribution < 1.29 is 9.47 Å². The first kappa shape index (κ1) is 24.0. The molecule has 42 heavy (non-hydrogen) atoms. The Morgan fingerprint density at radius 3 is 1.02 bits per heavy atom. The Morgan fingerprint density at radius 2 is 0.690 bits per heavy atom. The molecule has 0 unspecified atom stereocenters. The van der Waals surface area contributed by atoms with E-state index in [4.69, 9.17) is 20.9 Å². The molecule has 0 amide bonds. The van der Waals surface area contributed by atoms with Crippen LogP contribution in [-0.4, -0.2) is 0 Å². The van der Waals surface area contributed by atoms with Crippen LogP contribution in [0.2, 0.25) is 0 Å². The van der Waals surface area contributed by atoms with Crippen molar-refractivity contribution in [1.29, 1.82) is 0 Å². The van der Waals surface area contributed by atoms with Crippen LogP contribution in [-0.2, 0) is 0 Å². The molecular formula is C36H26N4O2. The van der Waals surface area contributed by atoms with Gasteiger partial charge in [0.15, 0.2) is 23.0 Å². The van der Waals surface area contributed by atoms with Crippen molar-refractivity contribution in [3.05, 3.63) is 133 Å². The Labute approximate surface area is 243 Å². The number of rotatable bonds is 3. The molecule has 0 spiro atoms. The first-order chi connectivity index (χ1) is 20.6. The van der Waals surface area contributed by atoms with E-state index in [2.05, 4.69) is 46.2 Å². The predicted octanol–water partition coefficient (Wildman–Crippen LogP) is 9.67. The average molecular weight is 547 g/mol. The van der Waals surface area contributed by atoms with E-state index >= 15 is 0 Å². The van der Waals surface area contributed by atoms with Crippen molar-refractivity contribution in [2.24, 2.45) is 0 Å². The molecule has 2 heterocycles. The summed E-state index contributed by atoms with van der Waals surface area (Å²) in [6, 6.07) is 44.4. The van der Waals surface area contributed by atoms with E-state index in [0.29, 0.717) is 11.4 Å². The van der Waals surface area contributed by atoms with Crippen LogP contribution in [0.15, 0.2) is 133 Å².